The van der Waals surface area contributed by atoms with Gasteiger partial charge in [-0.25, -0.2) is 4.79 Å². The highest BCUT2D eigenvalue weighted by Gasteiger charge is 2.25. The molecule has 0 saturated heterocycles. The molecular formula is C15H23N3O. The van der Waals surface area contributed by atoms with Crippen molar-refractivity contribution in [2.24, 2.45) is 0 Å². The van der Waals surface area contributed by atoms with Gasteiger partial charge in [-0.1, -0.05) is 25.3 Å². The van der Waals surface area contributed by atoms with Gasteiger partial charge in [0.25, 0.3) is 0 Å². The molecule has 104 valence electrons. The fourth-order valence-corrected chi connectivity index (χ4v) is 2.55. The monoisotopic (exact) mass is 261 g/mol. The standard InChI is InChI=1S/C15H23N3O/c1-15(2,13-10-6-7-11-16-13)18-14(19)17-12-8-4-3-5-9-12/h6-7,10-12H,3-5,8-9H2,1-2H3,(H2,17,18,19). The molecule has 2 rings (SSSR count). The van der Waals surface area contributed by atoms with Crippen molar-refractivity contribution in [2.45, 2.75) is 57.5 Å². The van der Waals surface area contributed by atoms with Gasteiger partial charge in [-0.05, 0) is 38.8 Å². The Morgan fingerprint density at radius 2 is 2.00 bits per heavy atom. The number of carbonyl (C=O) groups excluding carboxylic acids is 1. The van der Waals surface area contributed by atoms with Crippen LogP contribution in [0.25, 0.3) is 0 Å². The van der Waals surface area contributed by atoms with Crippen molar-refractivity contribution in [3.63, 3.8) is 0 Å². The molecule has 0 radical (unpaired) electrons. The summed E-state index contributed by atoms with van der Waals surface area (Å²) in [5.74, 6) is 0. The minimum Gasteiger partial charge on any atom is -0.335 e. The van der Waals surface area contributed by atoms with E-state index >= 15 is 0 Å². The molecule has 2 amide bonds. The van der Waals surface area contributed by atoms with E-state index < -0.39 is 5.54 Å². The Hall–Kier alpha value is -1.58. The van der Waals surface area contributed by atoms with E-state index in [0.717, 1.165) is 18.5 Å². The summed E-state index contributed by atoms with van der Waals surface area (Å²) >= 11 is 0. The van der Waals surface area contributed by atoms with E-state index in [0.29, 0.717) is 6.04 Å². The molecule has 1 aromatic rings. The fourth-order valence-electron chi connectivity index (χ4n) is 2.55. The summed E-state index contributed by atoms with van der Waals surface area (Å²) in [4.78, 5) is 16.4. The smallest absolute Gasteiger partial charge is 0.315 e. The lowest BCUT2D eigenvalue weighted by Gasteiger charge is -2.28. The normalized spacial score (nSPS) is 16.9. The average Bonchev–Trinajstić information content (AvgIpc) is 2.40. The number of nitrogens with one attached hydrogen (secondary N) is 2. The minimum absolute atomic E-state index is 0.0949. The lowest BCUT2D eigenvalue weighted by molar-refractivity contribution is 0.221. The predicted molar refractivity (Wildman–Crippen MR) is 75.8 cm³/mol. The molecule has 0 spiro atoms. The van der Waals surface area contributed by atoms with Crippen molar-refractivity contribution in [3.05, 3.63) is 30.1 Å². The second kappa shape index (κ2) is 6.04. The topological polar surface area (TPSA) is 54.0 Å². The van der Waals surface area contributed by atoms with E-state index in [1.807, 2.05) is 32.0 Å². The van der Waals surface area contributed by atoms with Crippen molar-refractivity contribution in [1.29, 1.82) is 0 Å². The maximum absolute atomic E-state index is 12.1. The molecule has 4 nitrogen and oxygen atoms in total. The Kier molecular flexibility index (Phi) is 4.40. The highest BCUT2D eigenvalue weighted by molar-refractivity contribution is 5.75. The first kappa shape index (κ1) is 13.8. The predicted octanol–water partition coefficient (Wildman–Crippen LogP) is 2.95. The molecule has 0 bridgehead atoms. The molecule has 1 aromatic heterocycles. The highest BCUT2D eigenvalue weighted by Crippen LogP contribution is 2.19. The van der Waals surface area contributed by atoms with E-state index in [1.165, 1.54) is 19.3 Å². The van der Waals surface area contributed by atoms with Crippen LogP contribution < -0.4 is 10.6 Å². The molecule has 0 aliphatic heterocycles. The fraction of sp³-hybridized carbons (Fsp3) is 0.600. The number of urea groups is 1. The molecule has 19 heavy (non-hydrogen) atoms. The molecule has 2 N–H and O–H groups in total. The lowest BCUT2D eigenvalue weighted by atomic mass is 9.95. The Labute approximate surface area is 115 Å². The number of rotatable bonds is 3. The molecule has 0 aromatic carbocycles. The highest BCUT2D eigenvalue weighted by atomic mass is 16.2. The van der Waals surface area contributed by atoms with E-state index in [9.17, 15) is 4.79 Å². The third-order valence-electron chi connectivity index (χ3n) is 3.67. The number of hydrogen-bond acceptors (Lipinski definition) is 2. The van der Waals surface area contributed by atoms with Crippen LogP contribution in [0.1, 0.15) is 51.6 Å². The molecule has 1 aliphatic carbocycles. The van der Waals surface area contributed by atoms with Gasteiger partial charge >= 0.3 is 6.03 Å². The van der Waals surface area contributed by atoms with Crippen molar-refractivity contribution >= 4 is 6.03 Å². The van der Waals surface area contributed by atoms with Gasteiger partial charge in [0.15, 0.2) is 0 Å². The molecule has 1 heterocycles. The van der Waals surface area contributed by atoms with Crippen molar-refractivity contribution in [2.75, 3.05) is 0 Å². The lowest BCUT2D eigenvalue weighted by Crippen LogP contribution is -2.50. The molecule has 1 saturated carbocycles. The first-order valence-corrected chi connectivity index (χ1v) is 7.08. The van der Waals surface area contributed by atoms with Gasteiger partial charge < -0.3 is 10.6 Å². The maximum Gasteiger partial charge on any atom is 0.315 e. The van der Waals surface area contributed by atoms with E-state index in [-0.39, 0.29) is 6.03 Å². The SMILES string of the molecule is CC(C)(NC(=O)NC1CCCCC1)c1ccccn1. The maximum atomic E-state index is 12.1. The first-order chi connectivity index (χ1) is 9.08. The quantitative estimate of drug-likeness (QED) is 0.879. The van der Waals surface area contributed by atoms with E-state index in [4.69, 9.17) is 0 Å². The van der Waals surface area contributed by atoms with Gasteiger partial charge in [0.2, 0.25) is 0 Å². The zero-order chi connectivity index (χ0) is 13.7. The van der Waals surface area contributed by atoms with Crippen LogP contribution in [0, 0.1) is 0 Å². The van der Waals surface area contributed by atoms with Gasteiger partial charge in [-0.3, -0.25) is 4.98 Å². The number of carbonyl (C=O) groups is 1. The average molecular weight is 261 g/mol. The third kappa shape index (κ3) is 3.94. The molecule has 4 heteroatoms. The van der Waals surface area contributed by atoms with Crippen LogP contribution in [0.15, 0.2) is 24.4 Å². The van der Waals surface area contributed by atoms with Crippen LogP contribution in [-0.4, -0.2) is 17.1 Å². The van der Waals surface area contributed by atoms with Gasteiger partial charge in [0.1, 0.15) is 0 Å². The van der Waals surface area contributed by atoms with Crippen LogP contribution in [0.3, 0.4) is 0 Å². The molecule has 1 aliphatic rings. The van der Waals surface area contributed by atoms with Crippen LogP contribution in [-0.2, 0) is 5.54 Å². The van der Waals surface area contributed by atoms with Crippen molar-refractivity contribution in [1.82, 2.24) is 15.6 Å². The van der Waals surface area contributed by atoms with Gasteiger partial charge in [0.05, 0.1) is 11.2 Å². The number of aromatic nitrogens is 1. The molecule has 0 unspecified atom stereocenters. The van der Waals surface area contributed by atoms with Crippen LogP contribution in [0.5, 0.6) is 0 Å². The van der Waals surface area contributed by atoms with E-state index in [2.05, 4.69) is 15.6 Å². The number of nitrogens with zero attached hydrogens (tertiary/aromatic N) is 1. The van der Waals surface area contributed by atoms with Crippen LogP contribution in [0.2, 0.25) is 0 Å². The van der Waals surface area contributed by atoms with Crippen molar-refractivity contribution < 1.29 is 4.79 Å². The summed E-state index contributed by atoms with van der Waals surface area (Å²) in [7, 11) is 0. The van der Waals surface area contributed by atoms with Crippen LogP contribution in [0.4, 0.5) is 4.79 Å². The number of hydrogen-bond donors (Lipinski definition) is 2. The second-order valence-electron chi connectivity index (χ2n) is 5.77. The summed E-state index contributed by atoms with van der Waals surface area (Å²) in [6.45, 7) is 3.94. The summed E-state index contributed by atoms with van der Waals surface area (Å²) in [5, 5.41) is 6.07. The molecule has 0 atom stereocenters. The zero-order valence-electron chi connectivity index (χ0n) is 11.8. The first-order valence-electron chi connectivity index (χ1n) is 7.08. The summed E-state index contributed by atoms with van der Waals surface area (Å²) < 4.78 is 0. The van der Waals surface area contributed by atoms with Gasteiger partial charge in [-0.2, -0.15) is 0 Å². The molecular weight excluding hydrogens is 238 g/mol. The Bertz CT molecular complexity index is 411. The summed E-state index contributed by atoms with van der Waals surface area (Å²) in [6, 6.07) is 5.98. The van der Waals surface area contributed by atoms with Crippen LogP contribution >= 0.6 is 0 Å². The van der Waals surface area contributed by atoms with Crippen molar-refractivity contribution in [3.8, 4) is 0 Å². The summed E-state index contributed by atoms with van der Waals surface area (Å²) in [5.41, 5.74) is 0.411. The second-order valence-corrected chi connectivity index (χ2v) is 5.77. The summed E-state index contributed by atoms with van der Waals surface area (Å²) in [6.07, 6.45) is 7.66. The third-order valence-corrected chi connectivity index (χ3v) is 3.67. The Morgan fingerprint density at radius 1 is 1.26 bits per heavy atom. The number of amides is 2. The largest absolute Gasteiger partial charge is 0.335 e. The van der Waals surface area contributed by atoms with E-state index in [1.54, 1.807) is 6.20 Å². The molecule has 1 fully saturated rings. The minimum atomic E-state index is -0.458. The zero-order valence-corrected chi connectivity index (χ0v) is 11.8. The number of pyridine rings is 1. The van der Waals surface area contributed by atoms with Gasteiger partial charge in [0, 0.05) is 12.2 Å². The Balaban J connectivity index is 1.90. The Morgan fingerprint density at radius 3 is 2.63 bits per heavy atom. The van der Waals surface area contributed by atoms with Gasteiger partial charge in [-0.15, -0.1) is 0 Å².